The molecule has 1 N–H and O–H groups in total. The first-order valence-corrected chi connectivity index (χ1v) is 11.6. The first-order chi connectivity index (χ1) is 15.3. The molecule has 0 aliphatic carbocycles. The molecule has 1 aromatic heterocycles. The van der Waals surface area contributed by atoms with Gasteiger partial charge in [-0.1, -0.05) is 35.3 Å². The Kier molecular flexibility index (Phi) is 8.21. The van der Waals surface area contributed by atoms with Crippen molar-refractivity contribution in [1.82, 2.24) is 9.29 Å². The van der Waals surface area contributed by atoms with Crippen LogP contribution in [0.3, 0.4) is 0 Å². The number of nitrogens with zero attached hydrogens (tertiary/aromatic N) is 2. The number of anilines is 1. The number of pyridine rings is 1. The largest absolute Gasteiger partial charge is 0.452 e. The highest BCUT2D eigenvalue weighted by Crippen LogP contribution is 2.22. The molecule has 0 radical (unpaired) electrons. The maximum absolute atomic E-state index is 12.6. The fraction of sp³-hybridized carbons (Fsp3) is 0.250. The summed E-state index contributed by atoms with van der Waals surface area (Å²) in [6.45, 7) is 0.806. The SMILES string of the molecule is O=C(COC(=O)C=Cc1ccc(S(=O)(=O)N2CCOCC2)cc1)Nc1ncc(Cl)cc1Cl. The van der Waals surface area contributed by atoms with Crippen LogP contribution >= 0.6 is 23.2 Å². The molecule has 9 nitrogen and oxygen atoms in total. The van der Waals surface area contributed by atoms with E-state index < -0.39 is 28.5 Å². The van der Waals surface area contributed by atoms with Gasteiger partial charge in [-0.2, -0.15) is 4.31 Å². The maximum Gasteiger partial charge on any atom is 0.331 e. The summed E-state index contributed by atoms with van der Waals surface area (Å²) in [5.41, 5.74) is 0.587. The minimum Gasteiger partial charge on any atom is -0.452 e. The van der Waals surface area contributed by atoms with Crippen LogP contribution in [0.4, 0.5) is 5.82 Å². The van der Waals surface area contributed by atoms with Gasteiger partial charge in [-0.15, -0.1) is 0 Å². The Hall–Kier alpha value is -2.50. The number of sulfonamides is 1. The van der Waals surface area contributed by atoms with Gasteiger partial charge in [0.15, 0.2) is 12.4 Å². The van der Waals surface area contributed by atoms with E-state index in [1.807, 2.05) is 0 Å². The van der Waals surface area contributed by atoms with E-state index in [2.05, 4.69) is 10.3 Å². The molecule has 12 heteroatoms. The fourth-order valence-electron chi connectivity index (χ4n) is 2.71. The number of nitrogens with one attached hydrogen (secondary N) is 1. The molecule has 0 atom stereocenters. The molecule has 1 saturated heterocycles. The van der Waals surface area contributed by atoms with E-state index in [9.17, 15) is 18.0 Å². The molecule has 1 fully saturated rings. The van der Waals surface area contributed by atoms with Crippen molar-refractivity contribution in [3.63, 3.8) is 0 Å². The summed E-state index contributed by atoms with van der Waals surface area (Å²) < 4.78 is 36.6. The summed E-state index contributed by atoms with van der Waals surface area (Å²) in [4.78, 5) is 27.8. The van der Waals surface area contributed by atoms with Crippen molar-refractivity contribution in [3.8, 4) is 0 Å². The zero-order valence-electron chi connectivity index (χ0n) is 16.7. The number of amides is 1. The molecule has 3 rings (SSSR count). The topological polar surface area (TPSA) is 115 Å². The van der Waals surface area contributed by atoms with Crippen LogP contribution in [0, 0.1) is 0 Å². The Morgan fingerprint density at radius 2 is 1.88 bits per heavy atom. The molecule has 32 heavy (non-hydrogen) atoms. The molecule has 1 aliphatic heterocycles. The van der Waals surface area contributed by atoms with Gasteiger partial charge in [-0.25, -0.2) is 18.2 Å². The standard InChI is InChI=1S/C20H19Cl2N3O6S/c21-15-11-17(22)20(23-12-15)24-18(26)13-31-19(27)6-3-14-1-4-16(5-2-14)32(28,29)25-7-9-30-10-8-25/h1-6,11-12H,7-10,13H2,(H,23,24,26). The zero-order valence-corrected chi connectivity index (χ0v) is 19.0. The van der Waals surface area contributed by atoms with Crippen LogP contribution in [0.2, 0.25) is 10.0 Å². The Labute approximate surface area is 195 Å². The van der Waals surface area contributed by atoms with Gasteiger partial charge in [0.25, 0.3) is 5.91 Å². The van der Waals surface area contributed by atoms with Crippen LogP contribution < -0.4 is 5.32 Å². The zero-order chi connectivity index (χ0) is 23.1. The lowest BCUT2D eigenvalue weighted by molar-refractivity contribution is -0.142. The molecule has 1 aliphatic rings. The van der Waals surface area contributed by atoms with Crippen molar-refractivity contribution in [1.29, 1.82) is 0 Å². The average molecular weight is 500 g/mol. The quantitative estimate of drug-likeness (QED) is 0.459. The van der Waals surface area contributed by atoms with Crippen LogP contribution in [0.5, 0.6) is 0 Å². The van der Waals surface area contributed by atoms with Crippen molar-refractivity contribution < 1.29 is 27.5 Å². The number of halogens is 2. The molecule has 2 heterocycles. The van der Waals surface area contributed by atoms with E-state index in [1.165, 1.54) is 34.8 Å². The van der Waals surface area contributed by atoms with Gasteiger partial charge in [0.1, 0.15) is 0 Å². The summed E-state index contributed by atoms with van der Waals surface area (Å²) in [5.74, 6) is -1.28. The second kappa shape index (κ2) is 10.9. The molecule has 0 unspecified atom stereocenters. The number of aromatic nitrogens is 1. The van der Waals surface area contributed by atoms with Crippen molar-refractivity contribution in [3.05, 3.63) is 58.2 Å². The second-order valence-corrected chi connectivity index (χ2v) is 9.34. The average Bonchev–Trinajstić information content (AvgIpc) is 2.79. The Morgan fingerprint density at radius 3 is 2.53 bits per heavy atom. The number of carbonyl (C=O) groups is 2. The summed E-state index contributed by atoms with van der Waals surface area (Å²) in [6, 6.07) is 7.48. The van der Waals surface area contributed by atoms with E-state index in [1.54, 1.807) is 12.1 Å². The summed E-state index contributed by atoms with van der Waals surface area (Å²) in [7, 11) is -3.59. The molecular formula is C20H19Cl2N3O6S. The predicted molar refractivity (Wildman–Crippen MR) is 119 cm³/mol. The summed E-state index contributed by atoms with van der Waals surface area (Å²) in [5, 5.41) is 2.87. The van der Waals surface area contributed by atoms with E-state index in [-0.39, 0.29) is 15.7 Å². The third-order valence-corrected chi connectivity index (χ3v) is 6.72. The minimum atomic E-state index is -3.59. The number of benzene rings is 1. The van der Waals surface area contributed by atoms with E-state index in [4.69, 9.17) is 32.7 Å². The summed E-state index contributed by atoms with van der Waals surface area (Å²) >= 11 is 11.6. The highest BCUT2D eigenvalue weighted by atomic mass is 35.5. The van der Waals surface area contributed by atoms with Crippen LogP contribution in [0.15, 0.2) is 47.5 Å². The van der Waals surface area contributed by atoms with Gasteiger partial charge in [0.05, 0.1) is 28.2 Å². The van der Waals surface area contributed by atoms with Gasteiger partial charge in [-0.05, 0) is 29.8 Å². The highest BCUT2D eigenvalue weighted by molar-refractivity contribution is 7.89. The maximum atomic E-state index is 12.6. The van der Waals surface area contributed by atoms with Gasteiger partial charge in [0, 0.05) is 25.4 Å². The van der Waals surface area contributed by atoms with Crippen molar-refractivity contribution in [2.75, 3.05) is 38.2 Å². The van der Waals surface area contributed by atoms with Crippen molar-refractivity contribution in [2.45, 2.75) is 4.90 Å². The number of hydrogen-bond donors (Lipinski definition) is 1. The number of rotatable bonds is 7. The van der Waals surface area contributed by atoms with Gasteiger partial charge < -0.3 is 14.8 Å². The normalized spacial score (nSPS) is 14.9. The molecule has 2 aromatic rings. The van der Waals surface area contributed by atoms with Gasteiger partial charge >= 0.3 is 5.97 Å². The molecular weight excluding hydrogens is 481 g/mol. The first-order valence-electron chi connectivity index (χ1n) is 9.39. The van der Waals surface area contributed by atoms with Crippen LogP contribution in [-0.2, 0) is 29.1 Å². The first kappa shape index (κ1) is 24.1. The predicted octanol–water partition coefficient (Wildman–Crippen LogP) is 2.60. The molecule has 0 bridgehead atoms. The van der Waals surface area contributed by atoms with Crippen LogP contribution in [-0.4, -0.2) is 62.5 Å². The lowest BCUT2D eigenvalue weighted by atomic mass is 10.2. The van der Waals surface area contributed by atoms with Gasteiger partial charge in [-0.3, -0.25) is 4.79 Å². The number of esters is 1. The second-order valence-electron chi connectivity index (χ2n) is 6.56. The molecule has 1 amide bonds. The van der Waals surface area contributed by atoms with Crippen LogP contribution in [0.1, 0.15) is 5.56 Å². The van der Waals surface area contributed by atoms with E-state index in [0.29, 0.717) is 36.9 Å². The fourth-order valence-corrected chi connectivity index (χ4v) is 4.55. The van der Waals surface area contributed by atoms with Gasteiger partial charge in [0.2, 0.25) is 10.0 Å². The smallest absolute Gasteiger partial charge is 0.331 e. The van der Waals surface area contributed by atoms with Crippen LogP contribution in [0.25, 0.3) is 6.08 Å². The third-order valence-electron chi connectivity index (χ3n) is 4.31. The Bertz CT molecular complexity index is 1120. The monoisotopic (exact) mass is 499 g/mol. The van der Waals surface area contributed by atoms with E-state index >= 15 is 0 Å². The molecule has 0 saturated carbocycles. The lowest BCUT2D eigenvalue weighted by Gasteiger charge is -2.26. The third kappa shape index (κ3) is 6.50. The van der Waals surface area contributed by atoms with Crippen molar-refractivity contribution >= 4 is 57.0 Å². The Balaban J connectivity index is 1.51. The molecule has 0 spiro atoms. The van der Waals surface area contributed by atoms with E-state index in [0.717, 1.165) is 6.08 Å². The Morgan fingerprint density at radius 1 is 1.19 bits per heavy atom. The molecule has 1 aromatic carbocycles. The minimum absolute atomic E-state index is 0.0970. The molecule has 170 valence electrons. The number of ether oxygens (including phenoxy) is 2. The number of hydrogen-bond acceptors (Lipinski definition) is 7. The number of morpholine rings is 1. The lowest BCUT2D eigenvalue weighted by Crippen LogP contribution is -2.40. The highest BCUT2D eigenvalue weighted by Gasteiger charge is 2.25. The van der Waals surface area contributed by atoms with Crippen molar-refractivity contribution in [2.24, 2.45) is 0 Å². The number of carbonyl (C=O) groups excluding carboxylic acids is 2. The summed E-state index contributed by atoms with van der Waals surface area (Å²) in [6.07, 6.45) is 3.89.